The molecule has 0 amide bonds. The molecule has 21 heavy (non-hydrogen) atoms. The van der Waals surface area contributed by atoms with Gasteiger partial charge in [0, 0.05) is 19.0 Å². The first-order chi connectivity index (χ1) is 10.0. The molecule has 5 heteroatoms. The Hall–Kier alpha value is -1.54. The third-order valence-corrected chi connectivity index (χ3v) is 4.13. The largest absolute Gasteiger partial charge is 0.416 e. The molecule has 0 heterocycles. The molecule has 1 aliphatic rings. The van der Waals surface area contributed by atoms with Crippen LogP contribution in [0.4, 0.5) is 13.2 Å². The second-order valence-corrected chi connectivity index (χ2v) is 5.62. The summed E-state index contributed by atoms with van der Waals surface area (Å²) in [5, 5.41) is 11.9. The Kier molecular flexibility index (Phi) is 5.24. The topological polar surface area (TPSA) is 35.8 Å². The van der Waals surface area contributed by atoms with Gasteiger partial charge < -0.3 is 5.32 Å². The van der Waals surface area contributed by atoms with Gasteiger partial charge in [0.15, 0.2) is 0 Å². The maximum Gasteiger partial charge on any atom is 0.416 e. The molecule has 0 saturated heterocycles. The van der Waals surface area contributed by atoms with Gasteiger partial charge in [0.1, 0.15) is 0 Å². The highest BCUT2D eigenvalue weighted by Gasteiger charge is 2.33. The van der Waals surface area contributed by atoms with Crippen LogP contribution in [0.25, 0.3) is 0 Å². The first-order valence-corrected chi connectivity index (χ1v) is 7.26. The van der Waals surface area contributed by atoms with Crippen LogP contribution in [0.3, 0.4) is 0 Å². The molecular weight excluding hydrogens is 277 g/mol. The van der Waals surface area contributed by atoms with E-state index >= 15 is 0 Å². The van der Waals surface area contributed by atoms with Gasteiger partial charge in [-0.1, -0.05) is 18.2 Å². The number of hydrogen-bond donors (Lipinski definition) is 1. The normalized spacial score (nSPS) is 22.8. The van der Waals surface area contributed by atoms with E-state index in [2.05, 4.69) is 11.4 Å². The zero-order valence-corrected chi connectivity index (χ0v) is 11.8. The smallest absolute Gasteiger partial charge is 0.310 e. The maximum absolute atomic E-state index is 12.9. The van der Waals surface area contributed by atoms with Crippen LogP contribution < -0.4 is 5.32 Å². The third kappa shape index (κ3) is 4.47. The SMILES string of the molecule is N#CCC1CCC(NCc2ccccc2C(F)(F)F)CC1. The van der Waals surface area contributed by atoms with Crippen LogP contribution in [-0.4, -0.2) is 6.04 Å². The first-order valence-electron chi connectivity index (χ1n) is 7.26. The number of rotatable bonds is 4. The molecule has 1 aromatic carbocycles. The van der Waals surface area contributed by atoms with Crippen LogP contribution in [0.1, 0.15) is 43.2 Å². The first kappa shape index (κ1) is 15.8. The highest BCUT2D eigenvalue weighted by molar-refractivity contribution is 5.29. The second kappa shape index (κ2) is 6.95. The summed E-state index contributed by atoms with van der Waals surface area (Å²) < 4.78 is 38.7. The van der Waals surface area contributed by atoms with Crippen molar-refractivity contribution in [2.75, 3.05) is 0 Å². The van der Waals surface area contributed by atoms with Crippen molar-refractivity contribution in [2.24, 2.45) is 5.92 Å². The lowest BCUT2D eigenvalue weighted by Crippen LogP contribution is -2.33. The summed E-state index contributed by atoms with van der Waals surface area (Å²) in [5.41, 5.74) is -0.264. The number of hydrogen-bond acceptors (Lipinski definition) is 2. The van der Waals surface area contributed by atoms with E-state index in [1.54, 1.807) is 6.07 Å². The van der Waals surface area contributed by atoms with Crippen molar-refractivity contribution < 1.29 is 13.2 Å². The molecular formula is C16H19F3N2. The third-order valence-electron chi connectivity index (χ3n) is 4.13. The monoisotopic (exact) mass is 296 g/mol. The zero-order valence-electron chi connectivity index (χ0n) is 11.8. The number of nitriles is 1. The highest BCUT2D eigenvalue weighted by Crippen LogP contribution is 2.32. The predicted octanol–water partition coefficient (Wildman–Crippen LogP) is 4.27. The molecule has 1 aromatic rings. The molecule has 1 aliphatic carbocycles. The molecule has 114 valence electrons. The lowest BCUT2D eigenvalue weighted by molar-refractivity contribution is -0.138. The van der Waals surface area contributed by atoms with Gasteiger partial charge in [0.05, 0.1) is 11.6 Å². The van der Waals surface area contributed by atoms with E-state index in [1.807, 2.05) is 0 Å². The molecule has 0 bridgehead atoms. The van der Waals surface area contributed by atoms with Crippen molar-refractivity contribution in [1.82, 2.24) is 5.32 Å². The molecule has 0 aromatic heterocycles. The lowest BCUT2D eigenvalue weighted by Gasteiger charge is -2.28. The summed E-state index contributed by atoms with van der Waals surface area (Å²) in [6.45, 7) is 0.239. The second-order valence-electron chi connectivity index (χ2n) is 5.62. The molecule has 2 rings (SSSR count). The maximum atomic E-state index is 12.9. The van der Waals surface area contributed by atoms with Crippen molar-refractivity contribution in [3.63, 3.8) is 0 Å². The Labute approximate surface area is 123 Å². The van der Waals surface area contributed by atoms with Crippen molar-refractivity contribution in [3.05, 3.63) is 35.4 Å². The fourth-order valence-electron chi connectivity index (χ4n) is 2.91. The van der Waals surface area contributed by atoms with E-state index in [0.29, 0.717) is 17.9 Å². The number of benzene rings is 1. The van der Waals surface area contributed by atoms with Gasteiger partial charge in [-0.15, -0.1) is 0 Å². The summed E-state index contributed by atoms with van der Waals surface area (Å²) in [5.74, 6) is 0.454. The molecule has 0 aliphatic heterocycles. The molecule has 1 saturated carbocycles. The van der Waals surface area contributed by atoms with Gasteiger partial charge >= 0.3 is 6.18 Å². The average Bonchev–Trinajstić information content (AvgIpc) is 2.46. The number of nitrogens with one attached hydrogen (secondary N) is 1. The summed E-state index contributed by atoms with van der Waals surface area (Å²) in [6, 6.07) is 8.14. The molecule has 1 fully saturated rings. The van der Waals surface area contributed by atoms with E-state index in [1.165, 1.54) is 12.1 Å². The van der Waals surface area contributed by atoms with Gasteiger partial charge in [0.2, 0.25) is 0 Å². The molecule has 2 nitrogen and oxygen atoms in total. The number of alkyl halides is 3. The summed E-state index contributed by atoms with van der Waals surface area (Å²) in [4.78, 5) is 0. The number of nitrogens with zero attached hydrogens (tertiary/aromatic N) is 1. The number of halogens is 3. The van der Waals surface area contributed by atoms with Gasteiger partial charge in [-0.3, -0.25) is 0 Å². The van der Waals surface area contributed by atoms with Crippen molar-refractivity contribution >= 4 is 0 Å². The summed E-state index contributed by atoms with van der Waals surface area (Å²) in [6.07, 6.45) is 0.103. The van der Waals surface area contributed by atoms with Gasteiger partial charge in [-0.05, 0) is 43.2 Å². The van der Waals surface area contributed by atoms with E-state index in [0.717, 1.165) is 31.7 Å². The van der Waals surface area contributed by atoms with Crippen LogP contribution >= 0.6 is 0 Å². The van der Waals surface area contributed by atoms with Crippen molar-refractivity contribution in [3.8, 4) is 6.07 Å². The average molecular weight is 296 g/mol. The van der Waals surface area contributed by atoms with E-state index < -0.39 is 11.7 Å². The van der Waals surface area contributed by atoms with Gasteiger partial charge in [-0.2, -0.15) is 18.4 Å². The Morgan fingerprint density at radius 3 is 2.43 bits per heavy atom. The van der Waals surface area contributed by atoms with Gasteiger partial charge in [-0.25, -0.2) is 0 Å². The van der Waals surface area contributed by atoms with Crippen molar-refractivity contribution in [1.29, 1.82) is 5.26 Å². The molecule has 0 unspecified atom stereocenters. The minimum atomic E-state index is -4.30. The zero-order chi connectivity index (χ0) is 15.3. The van der Waals surface area contributed by atoms with E-state index in [-0.39, 0.29) is 12.6 Å². The van der Waals surface area contributed by atoms with Crippen LogP contribution in [0.15, 0.2) is 24.3 Å². The highest BCUT2D eigenvalue weighted by atomic mass is 19.4. The summed E-state index contributed by atoms with van der Waals surface area (Å²) >= 11 is 0. The van der Waals surface area contributed by atoms with Crippen LogP contribution in [0.2, 0.25) is 0 Å². The summed E-state index contributed by atoms with van der Waals surface area (Å²) in [7, 11) is 0. The van der Waals surface area contributed by atoms with Crippen LogP contribution in [0, 0.1) is 17.2 Å². The molecule has 0 atom stereocenters. The predicted molar refractivity (Wildman–Crippen MR) is 74.3 cm³/mol. The Bertz CT molecular complexity index is 497. The van der Waals surface area contributed by atoms with Crippen molar-refractivity contribution in [2.45, 2.75) is 50.9 Å². The van der Waals surface area contributed by atoms with E-state index in [4.69, 9.17) is 5.26 Å². The Balaban J connectivity index is 1.89. The Morgan fingerprint density at radius 2 is 1.81 bits per heavy atom. The minimum Gasteiger partial charge on any atom is -0.310 e. The Morgan fingerprint density at radius 1 is 1.14 bits per heavy atom. The van der Waals surface area contributed by atoms with Gasteiger partial charge in [0.25, 0.3) is 0 Å². The molecule has 0 spiro atoms. The quantitative estimate of drug-likeness (QED) is 0.900. The molecule has 1 N–H and O–H groups in total. The minimum absolute atomic E-state index is 0.239. The van der Waals surface area contributed by atoms with Crippen LogP contribution in [-0.2, 0) is 12.7 Å². The van der Waals surface area contributed by atoms with Crippen LogP contribution in [0.5, 0.6) is 0 Å². The fourth-order valence-corrected chi connectivity index (χ4v) is 2.91. The molecule has 0 radical (unpaired) electrons. The van der Waals surface area contributed by atoms with E-state index in [9.17, 15) is 13.2 Å². The fraction of sp³-hybridized carbons (Fsp3) is 0.562. The lowest BCUT2D eigenvalue weighted by atomic mass is 9.84. The standard InChI is InChI=1S/C16H19F3N2/c17-16(18,19)15-4-2-1-3-13(15)11-21-14-7-5-12(6-8-14)9-10-20/h1-4,12,14,21H,5-9,11H2.